The van der Waals surface area contributed by atoms with E-state index in [0.717, 1.165) is 83.5 Å². The fourth-order valence-electron chi connectivity index (χ4n) is 7.99. The second kappa shape index (κ2) is 60.4. The number of esters is 3. The first-order valence-electron chi connectivity index (χ1n) is 30.0. The zero-order valence-corrected chi connectivity index (χ0v) is 47.4. The van der Waals surface area contributed by atoms with Gasteiger partial charge in [0.1, 0.15) is 13.2 Å². The van der Waals surface area contributed by atoms with Crippen LogP contribution in [0.4, 0.5) is 0 Å². The highest BCUT2D eigenvalue weighted by atomic mass is 16.6. The van der Waals surface area contributed by atoms with Crippen LogP contribution in [0, 0.1) is 0 Å². The zero-order chi connectivity index (χ0) is 52.9. The summed E-state index contributed by atoms with van der Waals surface area (Å²) in [5.74, 6) is -1.07. The molecule has 6 heteroatoms. The molecular weight excluding hydrogens is 901 g/mol. The average Bonchev–Trinajstić information content (AvgIpc) is 3.39. The topological polar surface area (TPSA) is 78.9 Å². The van der Waals surface area contributed by atoms with Crippen molar-refractivity contribution in [2.75, 3.05) is 13.2 Å². The molecule has 1 atom stereocenters. The summed E-state index contributed by atoms with van der Waals surface area (Å²) in [5, 5.41) is 0. The van der Waals surface area contributed by atoms with Gasteiger partial charge in [-0.05, 0) is 96.3 Å². The number of allylic oxidation sites excluding steroid dienone is 20. The van der Waals surface area contributed by atoms with Crippen LogP contribution in [0.15, 0.2) is 122 Å². The van der Waals surface area contributed by atoms with Crippen LogP contribution in [0.25, 0.3) is 0 Å². The number of hydrogen-bond acceptors (Lipinski definition) is 6. The maximum Gasteiger partial charge on any atom is 0.306 e. The normalized spacial score (nSPS) is 13.0. The lowest BCUT2D eigenvalue weighted by atomic mass is 10.0. The first kappa shape index (κ1) is 68.8. The summed E-state index contributed by atoms with van der Waals surface area (Å²) in [6.07, 6.45) is 83.5. The van der Waals surface area contributed by atoms with Crippen molar-refractivity contribution in [3.63, 3.8) is 0 Å². The molecule has 0 aliphatic carbocycles. The second-order valence-electron chi connectivity index (χ2n) is 19.5. The molecule has 0 amide bonds. The smallest absolute Gasteiger partial charge is 0.306 e. The summed E-state index contributed by atoms with van der Waals surface area (Å²) in [5.41, 5.74) is 0. The first-order valence-corrected chi connectivity index (χ1v) is 30.0. The first-order chi connectivity index (χ1) is 36.0. The molecule has 0 aliphatic heterocycles. The van der Waals surface area contributed by atoms with Gasteiger partial charge < -0.3 is 14.2 Å². The van der Waals surface area contributed by atoms with Gasteiger partial charge in [-0.15, -0.1) is 0 Å². The van der Waals surface area contributed by atoms with Gasteiger partial charge in [-0.1, -0.05) is 271 Å². The van der Waals surface area contributed by atoms with Crippen LogP contribution in [0.1, 0.15) is 265 Å². The van der Waals surface area contributed by atoms with Crippen LogP contribution in [0.3, 0.4) is 0 Å². The van der Waals surface area contributed by atoms with Crippen molar-refractivity contribution in [2.24, 2.45) is 0 Å². The minimum atomic E-state index is -0.843. The zero-order valence-electron chi connectivity index (χ0n) is 47.4. The Morgan fingerprint density at radius 2 is 0.575 bits per heavy atom. The SMILES string of the molecule is CC/C=C\C/C=C\C/C=C\C/C=C\C/C=C\C/C=C\CCC(=O)O[C@H](COC(=O)CCC/C=C\C/C=C\C/C=C\C/C=C\CCCCC)COC(=O)CCCCCCCCCCCCCCCCCCCCC. The number of unbranched alkanes of at least 4 members (excludes halogenated alkanes) is 22. The predicted octanol–water partition coefficient (Wildman–Crippen LogP) is 20.4. The minimum absolute atomic E-state index is 0.126. The molecule has 0 aromatic heterocycles. The summed E-state index contributed by atoms with van der Waals surface area (Å²) in [6, 6.07) is 0. The highest BCUT2D eigenvalue weighted by Crippen LogP contribution is 2.16. The number of carbonyl (C=O) groups excluding carboxylic acids is 3. The van der Waals surface area contributed by atoms with Gasteiger partial charge in [-0.25, -0.2) is 0 Å². The van der Waals surface area contributed by atoms with E-state index in [0.29, 0.717) is 19.3 Å². The van der Waals surface area contributed by atoms with Gasteiger partial charge in [0.25, 0.3) is 0 Å². The van der Waals surface area contributed by atoms with E-state index in [-0.39, 0.29) is 38.0 Å². The number of carbonyl (C=O) groups is 3. The quantitative estimate of drug-likeness (QED) is 0.0261. The lowest BCUT2D eigenvalue weighted by molar-refractivity contribution is -0.166. The maximum atomic E-state index is 12.8. The van der Waals surface area contributed by atoms with E-state index in [9.17, 15) is 14.4 Å². The molecule has 0 spiro atoms. The molecule has 73 heavy (non-hydrogen) atoms. The standard InChI is InChI=1S/C67H110O6/c1-4-7-10-13-16-19-22-25-28-31-33-36-39-42-45-48-51-54-57-60-66(69)72-63-64(62-71-65(68)59-56-53-50-47-44-41-38-35-30-27-24-21-18-15-12-9-6-3)73-67(70)61-58-55-52-49-46-43-40-37-34-32-29-26-23-20-17-14-11-8-5-2/h8,11,17-18,20-21,26-27,29-30,34,37-38,41,43,46-47,50,52,55,64H,4-7,9-10,12-16,19,22-25,28,31-33,35-36,39-40,42,44-45,48-49,51,53-54,56-63H2,1-3H3/b11-8-,20-17-,21-18-,29-26-,30-27-,37-34-,41-38-,46-43-,50-47-,55-52-/t64-/m1/s1. The Balaban J connectivity index is 4.56. The lowest BCUT2D eigenvalue weighted by Gasteiger charge is -2.18. The molecular formula is C67H110O6. The van der Waals surface area contributed by atoms with E-state index in [4.69, 9.17) is 14.2 Å². The van der Waals surface area contributed by atoms with Crippen LogP contribution in [-0.2, 0) is 28.6 Å². The average molecular weight is 1010 g/mol. The summed E-state index contributed by atoms with van der Waals surface area (Å²) < 4.78 is 16.8. The largest absolute Gasteiger partial charge is 0.462 e. The molecule has 0 heterocycles. The molecule has 414 valence electrons. The van der Waals surface area contributed by atoms with Crippen molar-refractivity contribution in [1.82, 2.24) is 0 Å². The Kier molecular flexibility index (Phi) is 56.9. The minimum Gasteiger partial charge on any atom is -0.462 e. The maximum absolute atomic E-state index is 12.8. The lowest BCUT2D eigenvalue weighted by Crippen LogP contribution is -2.30. The summed E-state index contributed by atoms with van der Waals surface area (Å²) in [6.45, 7) is 6.40. The van der Waals surface area contributed by atoms with Crippen LogP contribution in [0.5, 0.6) is 0 Å². The fourth-order valence-corrected chi connectivity index (χ4v) is 7.99. The predicted molar refractivity (Wildman–Crippen MR) is 316 cm³/mol. The fraction of sp³-hybridized carbons (Fsp3) is 0.657. The van der Waals surface area contributed by atoms with Crippen molar-refractivity contribution < 1.29 is 28.6 Å². The molecule has 0 radical (unpaired) electrons. The van der Waals surface area contributed by atoms with Crippen LogP contribution < -0.4 is 0 Å². The molecule has 6 nitrogen and oxygen atoms in total. The molecule has 0 saturated heterocycles. The highest BCUT2D eigenvalue weighted by molar-refractivity contribution is 5.71. The Labute approximate surface area is 450 Å². The summed E-state index contributed by atoms with van der Waals surface area (Å²) in [7, 11) is 0. The van der Waals surface area contributed by atoms with Crippen molar-refractivity contribution in [1.29, 1.82) is 0 Å². The molecule has 0 fully saturated rings. The number of rotatable bonds is 53. The van der Waals surface area contributed by atoms with Gasteiger partial charge in [-0.3, -0.25) is 14.4 Å². The highest BCUT2D eigenvalue weighted by Gasteiger charge is 2.19. The van der Waals surface area contributed by atoms with Gasteiger partial charge in [0.15, 0.2) is 6.10 Å². The number of hydrogen-bond donors (Lipinski definition) is 0. The third kappa shape index (κ3) is 58.6. The van der Waals surface area contributed by atoms with E-state index < -0.39 is 12.1 Å². The van der Waals surface area contributed by atoms with Crippen molar-refractivity contribution in [3.05, 3.63) is 122 Å². The van der Waals surface area contributed by atoms with E-state index >= 15 is 0 Å². The van der Waals surface area contributed by atoms with Gasteiger partial charge in [0.2, 0.25) is 0 Å². The molecule has 0 saturated carbocycles. The Bertz CT molecular complexity index is 1540. The van der Waals surface area contributed by atoms with E-state index in [1.165, 1.54) is 128 Å². The summed E-state index contributed by atoms with van der Waals surface area (Å²) in [4.78, 5) is 38.2. The molecule has 0 rings (SSSR count). The van der Waals surface area contributed by atoms with Gasteiger partial charge in [0, 0.05) is 19.3 Å². The molecule has 0 aromatic rings. The third-order valence-corrected chi connectivity index (χ3v) is 12.5. The van der Waals surface area contributed by atoms with E-state index in [1.807, 2.05) is 12.2 Å². The third-order valence-electron chi connectivity index (χ3n) is 12.5. The van der Waals surface area contributed by atoms with Crippen LogP contribution in [-0.4, -0.2) is 37.2 Å². The van der Waals surface area contributed by atoms with Gasteiger partial charge in [-0.2, -0.15) is 0 Å². The van der Waals surface area contributed by atoms with Crippen molar-refractivity contribution in [3.8, 4) is 0 Å². The summed E-state index contributed by atoms with van der Waals surface area (Å²) >= 11 is 0. The second-order valence-corrected chi connectivity index (χ2v) is 19.5. The van der Waals surface area contributed by atoms with Crippen molar-refractivity contribution >= 4 is 17.9 Å². The Hall–Kier alpha value is -4.19. The monoisotopic (exact) mass is 1010 g/mol. The molecule has 0 unspecified atom stereocenters. The van der Waals surface area contributed by atoms with Crippen molar-refractivity contribution in [2.45, 2.75) is 271 Å². The van der Waals surface area contributed by atoms with E-state index in [1.54, 1.807) is 0 Å². The molecule has 0 aliphatic rings. The van der Waals surface area contributed by atoms with Gasteiger partial charge >= 0.3 is 17.9 Å². The van der Waals surface area contributed by atoms with Crippen LogP contribution >= 0.6 is 0 Å². The molecule has 0 N–H and O–H groups in total. The van der Waals surface area contributed by atoms with Crippen LogP contribution in [0.2, 0.25) is 0 Å². The van der Waals surface area contributed by atoms with Gasteiger partial charge in [0.05, 0.1) is 0 Å². The Morgan fingerprint density at radius 3 is 0.945 bits per heavy atom. The number of ether oxygens (including phenoxy) is 3. The molecule has 0 bridgehead atoms. The Morgan fingerprint density at radius 1 is 0.288 bits per heavy atom. The molecule has 0 aromatic carbocycles. The van der Waals surface area contributed by atoms with E-state index in [2.05, 4.69) is 130 Å².